The number of sulfonamides is 1. The molecule has 36 heavy (non-hydrogen) atoms. The van der Waals surface area contributed by atoms with Crippen molar-refractivity contribution < 1.29 is 13.2 Å². The Morgan fingerprint density at radius 2 is 1.58 bits per heavy atom. The molecule has 2 aromatic heterocycles. The zero-order chi connectivity index (χ0) is 25.1. The average Bonchev–Trinajstić information content (AvgIpc) is 3.37. The van der Waals surface area contributed by atoms with Crippen LogP contribution in [-0.2, 0) is 34.1 Å². The van der Waals surface area contributed by atoms with Gasteiger partial charge in [0, 0.05) is 82.4 Å². The third kappa shape index (κ3) is 5.95. The Kier molecular flexibility index (Phi) is 7.68. The molecule has 196 valence electrons. The van der Waals surface area contributed by atoms with Crippen LogP contribution in [0.25, 0.3) is 0 Å². The summed E-state index contributed by atoms with van der Waals surface area (Å²) in [5.74, 6) is 2.67. The second kappa shape index (κ2) is 10.9. The van der Waals surface area contributed by atoms with Crippen LogP contribution in [0.5, 0.6) is 0 Å². The highest BCUT2D eigenvalue weighted by molar-refractivity contribution is 7.88. The Balaban J connectivity index is 1.04. The van der Waals surface area contributed by atoms with Gasteiger partial charge in [-0.1, -0.05) is 6.92 Å². The van der Waals surface area contributed by atoms with Gasteiger partial charge in [0.15, 0.2) is 0 Å². The fraction of sp³-hybridized carbons (Fsp3) is 0.680. The molecule has 10 nitrogen and oxygen atoms in total. The minimum atomic E-state index is -3.19. The molecule has 0 saturated carbocycles. The molecule has 3 aliphatic rings. The summed E-state index contributed by atoms with van der Waals surface area (Å²) < 4.78 is 31.3. The van der Waals surface area contributed by atoms with Crippen LogP contribution < -0.4 is 9.80 Å². The Hall–Kier alpha value is -2.37. The van der Waals surface area contributed by atoms with Gasteiger partial charge in [0.2, 0.25) is 21.9 Å². The van der Waals surface area contributed by atoms with Gasteiger partial charge in [-0.05, 0) is 37.2 Å². The van der Waals surface area contributed by atoms with E-state index in [1.807, 2.05) is 12.4 Å². The Morgan fingerprint density at radius 3 is 2.31 bits per heavy atom. The standard InChI is InChI=1S/C25H37N7O3S/c1-3-19-12-26-24(27-13-19)30-8-4-20(5-9-30)17-35-18-21-6-10-31(15-21)25-28-14-22-16-32(36(2,33)34)11-7-23(22)29-25/h12-14,20-21H,3-11,15-18H2,1-2H3. The molecule has 0 radical (unpaired) electrons. The molecule has 3 aliphatic heterocycles. The lowest BCUT2D eigenvalue weighted by molar-refractivity contribution is 0.0687. The van der Waals surface area contributed by atoms with Crippen LogP contribution in [0.3, 0.4) is 0 Å². The highest BCUT2D eigenvalue weighted by Crippen LogP contribution is 2.26. The molecule has 0 aromatic carbocycles. The molecular weight excluding hydrogens is 478 g/mol. The molecule has 1 unspecified atom stereocenters. The number of hydrogen-bond acceptors (Lipinski definition) is 9. The van der Waals surface area contributed by atoms with Crippen molar-refractivity contribution in [1.29, 1.82) is 0 Å². The molecule has 0 spiro atoms. The third-order valence-corrected chi connectivity index (χ3v) is 8.88. The summed E-state index contributed by atoms with van der Waals surface area (Å²) >= 11 is 0. The first kappa shape index (κ1) is 25.3. The topological polar surface area (TPSA) is 105 Å². The monoisotopic (exact) mass is 515 g/mol. The molecule has 11 heteroatoms. The zero-order valence-corrected chi connectivity index (χ0v) is 22.2. The molecule has 2 saturated heterocycles. The lowest BCUT2D eigenvalue weighted by Crippen LogP contribution is -2.36. The highest BCUT2D eigenvalue weighted by atomic mass is 32.2. The van der Waals surface area contributed by atoms with E-state index in [1.165, 1.54) is 16.1 Å². The molecule has 2 aromatic rings. The van der Waals surface area contributed by atoms with Gasteiger partial charge in [0.25, 0.3) is 0 Å². The molecule has 5 heterocycles. The summed E-state index contributed by atoms with van der Waals surface area (Å²) in [7, 11) is -3.19. The number of piperidine rings is 1. The van der Waals surface area contributed by atoms with Crippen LogP contribution in [0.4, 0.5) is 11.9 Å². The fourth-order valence-corrected chi connectivity index (χ4v) is 6.06. The van der Waals surface area contributed by atoms with E-state index in [0.717, 1.165) is 88.2 Å². The van der Waals surface area contributed by atoms with Crippen LogP contribution in [-0.4, -0.2) is 84.9 Å². The summed E-state index contributed by atoms with van der Waals surface area (Å²) in [6.45, 7) is 8.33. The van der Waals surface area contributed by atoms with E-state index < -0.39 is 10.0 Å². The van der Waals surface area contributed by atoms with Crippen molar-refractivity contribution in [1.82, 2.24) is 24.2 Å². The number of hydrogen-bond donors (Lipinski definition) is 0. The molecule has 5 rings (SSSR count). The van der Waals surface area contributed by atoms with Crippen LogP contribution in [0.15, 0.2) is 18.6 Å². The first-order valence-corrected chi connectivity index (χ1v) is 14.9. The maximum absolute atomic E-state index is 11.8. The zero-order valence-electron chi connectivity index (χ0n) is 21.3. The lowest BCUT2D eigenvalue weighted by Gasteiger charge is -2.32. The predicted octanol–water partition coefficient (Wildman–Crippen LogP) is 1.91. The number of anilines is 2. The van der Waals surface area contributed by atoms with Crippen molar-refractivity contribution in [3.63, 3.8) is 0 Å². The molecule has 1 atom stereocenters. The average molecular weight is 516 g/mol. The molecule has 2 fully saturated rings. The summed E-state index contributed by atoms with van der Waals surface area (Å²) in [5.41, 5.74) is 3.05. The van der Waals surface area contributed by atoms with Crippen molar-refractivity contribution in [2.24, 2.45) is 11.8 Å². The van der Waals surface area contributed by atoms with E-state index in [1.54, 1.807) is 6.20 Å². The SMILES string of the molecule is CCc1cnc(N2CCC(COCC3CCN(c4ncc5c(n4)CCN(S(C)(=O)=O)C5)C3)CC2)nc1. The molecule has 0 aliphatic carbocycles. The molecule has 0 bridgehead atoms. The normalized spacial score (nSPS) is 21.7. The van der Waals surface area contributed by atoms with E-state index in [9.17, 15) is 8.42 Å². The van der Waals surface area contributed by atoms with E-state index in [-0.39, 0.29) is 0 Å². The Morgan fingerprint density at radius 1 is 0.917 bits per heavy atom. The van der Waals surface area contributed by atoms with Crippen molar-refractivity contribution in [2.75, 3.05) is 62.0 Å². The largest absolute Gasteiger partial charge is 0.381 e. The van der Waals surface area contributed by atoms with Crippen LogP contribution in [0, 0.1) is 11.8 Å². The lowest BCUT2D eigenvalue weighted by atomic mass is 9.98. The Labute approximate surface area is 214 Å². The van der Waals surface area contributed by atoms with Crippen LogP contribution in [0.2, 0.25) is 0 Å². The number of rotatable bonds is 8. The maximum atomic E-state index is 11.8. The van der Waals surface area contributed by atoms with Gasteiger partial charge in [-0.25, -0.2) is 28.4 Å². The van der Waals surface area contributed by atoms with E-state index >= 15 is 0 Å². The van der Waals surface area contributed by atoms with Crippen molar-refractivity contribution in [3.05, 3.63) is 35.4 Å². The second-order valence-electron chi connectivity index (χ2n) is 10.3. The van der Waals surface area contributed by atoms with Crippen molar-refractivity contribution in [2.45, 2.75) is 45.6 Å². The molecule has 0 amide bonds. The van der Waals surface area contributed by atoms with Gasteiger partial charge in [0.1, 0.15) is 0 Å². The maximum Gasteiger partial charge on any atom is 0.225 e. The number of aryl methyl sites for hydroxylation is 1. The molecular formula is C25H37N7O3S. The Bertz CT molecular complexity index is 1140. The van der Waals surface area contributed by atoms with E-state index in [2.05, 4.69) is 31.7 Å². The predicted molar refractivity (Wildman–Crippen MR) is 138 cm³/mol. The summed E-state index contributed by atoms with van der Waals surface area (Å²) in [5, 5.41) is 0. The summed E-state index contributed by atoms with van der Waals surface area (Å²) in [6, 6.07) is 0. The van der Waals surface area contributed by atoms with Gasteiger partial charge < -0.3 is 14.5 Å². The second-order valence-corrected chi connectivity index (χ2v) is 12.3. The molecule has 0 N–H and O–H groups in total. The highest BCUT2D eigenvalue weighted by Gasteiger charge is 2.29. The van der Waals surface area contributed by atoms with E-state index in [0.29, 0.717) is 31.3 Å². The van der Waals surface area contributed by atoms with Gasteiger partial charge >= 0.3 is 0 Å². The quantitative estimate of drug-likeness (QED) is 0.521. The van der Waals surface area contributed by atoms with Crippen molar-refractivity contribution in [3.8, 4) is 0 Å². The van der Waals surface area contributed by atoms with Crippen molar-refractivity contribution >= 4 is 21.9 Å². The first-order chi connectivity index (χ1) is 17.4. The first-order valence-electron chi connectivity index (χ1n) is 13.1. The number of aromatic nitrogens is 4. The van der Waals surface area contributed by atoms with Gasteiger partial charge in [-0.2, -0.15) is 4.31 Å². The number of nitrogens with zero attached hydrogens (tertiary/aromatic N) is 7. The fourth-order valence-electron chi connectivity index (χ4n) is 5.26. The minimum Gasteiger partial charge on any atom is -0.381 e. The smallest absolute Gasteiger partial charge is 0.225 e. The van der Waals surface area contributed by atoms with Crippen LogP contribution in [0.1, 0.15) is 43.0 Å². The van der Waals surface area contributed by atoms with E-state index in [4.69, 9.17) is 9.72 Å². The van der Waals surface area contributed by atoms with Gasteiger partial charge in [-0.3, -0.25) is 0 Å². The third-order valence-electron chi connectivity index (χ3n) is 7.63. The summed E-state index contributed by atoms with van der Waals surface area (Å²) in [6.07, 6.45) is 11.8. The van der Waals surface area contributed by atoms with Gasteiger partial charge in [-0.15, -0.1) is 0 Å². The minimum absolute atomic E-state index is 0.363. The van der Waals surface area contributed by atoms with Crippen LogP contribution >= 0.6 is 0 Å². The number of fused-ring (bicyclic) bond motifs is 1. The van der Waals surface area contributed by atoms with Gasteiger partial charge in [0.05, 0.1) is 18.6 Å². The number of ether oxygens (including phenoxy) is 1. The summed E-state index contributed by atoms with van der Waals surface area (Å²) in [4.78, 5) is 22.9.